The zero-order valence-electron chi connectivity index (χ0n) is 16.3. The molecule has 0 aliphatic carbocycles. The number of benzene rings is 1. The first-order chi connectivity index (χ1) is 14.0. The zero-order chi connectivity index (χ0) is 20.8. The van der Waals surface area contributed by atoms with Crippen LogP contribution in [-0.4, -0.2) is 42.2 Å². The van der Waals surface area contributed by atoms with Crippen LogP contribution in [0.1, 0.15) is 32.6 Å². The maximum Gasteiger partial charge on any atom is 0.338 e. The molecule has 2 aromatic rings. The molecule has 0 unspecified atom stereocenters. The molecule has 1 aliphatic rings. The van der Waals surface area contributed by atoms with Gasteiger partial charge in [0.2, 0.25) is 0 Å². The zero-order valence-corrected chi connectivity index (χ0v) is 16.3. The first-order valence-corrected chi connectivity index (χ1v) is 9.49. The predicted octanol–water partition coefficient (Wildman–Crippen LogP) is 2.21. The Morgan fingerprint density at radius 3 is 2.72 bits per heavy atom. The summed E-state index contributed by atoms with van der Waals surface area (Å²) in [5.41, 5.74) is 1.88. The van der Waals surface area contributed by atoms with Crippen LogP contribution >= 0.6 is 0 Å². The van der Waals surface area contributed by atoms with Crippen molar-refractivity contribution in [3.63, 3.8) is 0 Å². The van der Waals surface area contributed by atoms with Crippen molar-refractivity contribution in [2.75, 3.05) is 13.2 Å². The molecule has 0 bridgehead atoms. The SMILES string of the molecule is CCOC(=O)C1=C(COC(=O)CCc2nc3ccccc3o2)NC(=O)N[C@H]1CC. The molecule has 1 aliphatic heterocycles. The van der Waals surface area contributed by atoms with Crippen LogP contribution in [0.2, 0.25) is 0 Å². The lowest BCUT2D eigenvalue weighted by molar-refractivity contribution is -0.143. The molecule has 29 heavy (non-hydrogen) atoms. The highest BCUT2D eigenvalue weighted by Gasteiger charge is 2.32. The summed E-state index contributed by atoms with van der Waals surface area (Å²) in [4.78, 5) is 40.6. The van der Waals surface area contributed by atoms with Crippen LogP contribution in [0, 0.1) is 0 Å². The molecule has 1 aromatic carbocycles. The van der Waals surface area contributed by atoms with E-state index in [4.69, 9.17) is 13.9 Å². The molecule has 0 radical (unpaired) electrons. The number of hydrogen-bond acceptors (Lipinski definition) is 7. The van der Waals surface area contributed by atoms with E-state index in [0.29, 0.717) is 17.9 Å². The third kappa shape index (κ3) is 4.92. The van der Waals surface area contributed by atoms with Gasteiger partial charge < -0.3 is 24.5 Å². The van der Waals surface area contributed by atoms with Gasteiger partial charge in [0.05, 0.1) is 30.3 Å². The monoisotopic (exact) mass is 401 g/mol. The smallest absolute Gasteiger partial charge is 0.338 e. The van der Waals surface area contributed by atoms with Crippen molar-refractivity contribution in [3.8, 4) is 0 Å². The quantitative estimate of drug-likeness (QED) is 0.651. The Bertz CT molecular complexity index is 916. The molecule has 0 fully saturated rings. The maximum atomic E-state index is 12.3. The third-order valence-corrected chi connectivity index (χ3v) is 4.41. The van der Waals surface area contributed by atoms with Crippen molar-refractivity contribution >= 4 is 29.1 Å². The molecule has 2 N–H and O–H groups in total. The summed E-state index contributed by atoms with van der Waals surface area (Å²) in [6.45, 7) is 3.49. The van der Waals surface area contributed by atoms with E-state index in [0.717, 1.165) is 5.52 Å². The van der Waals surface area contributed by atoms with Gasteiger partial charge in [0.25, 0.3) is 0 Å². The fourth-order valence-electron chi connectivity index (χ4n) is 3.04. The number of para-hydroxylation sites is 2. The van der Waals surface area contributed by atoms with E-state index >= 15 is 0 Å². The van der Waals surface area contributed by atoms with Crippen molar-refractivity contribution in [3.05, 3.63) is 41.4 Å². The van der Waals surface area contributed by atoms with Gasteiger partial charge in [-0.15, -0.1) is 0 Å². The van der Waals surface area contributed by atoms with Crippen molar-refractivity contribution in [1.29, 1.82) is 0 Å². The minimum absolute atomic E-state index is 0.0538. The van der Waals surface area contributed by atoms with Gasteiger partial charge in [0.1, 0.15) is 12.1 Å². The Labute approximate surface area is 167 Å². The highest BCUT2D eigenvalue weighted by Crippen LogP contribution is 2.18. The van der Waals surface area contributed by atoms with Crippen molar-refractivity contribution in [2.24, 2.45) is 0 Å². The number of aromatic nitrogens is 1. The second kappa shape index (κ2) is 9.22. The summed E-state index contributed by atoms with van der Waals surface area (Å²) < 4.78 is 15.9. The summed E-state index contributed by atoms with van der Waals surface area (Å²) >= 11 is 0. The van der Waals surface area contributed by atoms with Gasteiger partial charge in [0, 0.05) is 6.42 Å². The molecular formula is C20H23N3O6. The molecule has 9 heteroatoms. The van der Waals surface area contributed by atoms with E-state index in [1.54, 1.807) is 13.0 Å². The normalized spacial score (nSPS) is 16.3. The van der Waals surface area contributed by atoms with Crippen LogP contribution < -0.4 is 10.6 Å². The number of rotatable bonds is 8. The predicted molar refractivity (Wildman–Crippen MR) is 103 cm³/mol. The maximum absolute atomic E-state index is 12.3. The average molecular weight is 401 g/mol. The van der Waals surface area contributed by atoms with Gasteiger partial charge >= 0.3 is 18.0 Å². The number of nitrogens with zero attached hydrogens (tertiary/aromatic N) is 1. The summed E-state index contributed by atoms with van der Waals surface area (Å²) in [6.07, 6.45) is 0.831. The van der Waals surface area contributed by atoms with E-state index < -0.39 is 24.0 Å². The number of nitrogens with one attached hydrogen (secondary N) is 2. The fraction of sp³-hybridized carbons (Fsp3) is 0.400. The topological polar surface area (TPSA) is 120 Å². The Morgan fingerprint density at radius 2 is 2.00 bits per heavy atom. The highest BCUT2D eigenvalue weighted by molar-refractivity contribution is 5.94. The van der Waals surface area contributed by atoms with Crippen molar-refractivity contribution < 1.29 is 28.3 Å². The number of oxazole rings is 1. The van der Waals surface area contributed by atoms with Gasteiger partial charge in [-0.2, -0.15) is 0 Å². The Morgan fingerprint density at radius 1 is 1.21 bits per heavy atom. The molecule has 2 heterocycles. The average Bonchev–Trinajstić information content (AvgIpc) is 3.13. The number of esters is 2. The van der Waals surface area contributed by atoms with Crippen LogP contribution in [0.15, 0.2) is 40.0 Å². The molecule has 1 aromatic heterocycles. The number of hydrogen-bond donors (Lipinski definition) is 2. The van der Waals surface area contributed by atoms with E-state index in [1.807, 2.05) is 25.1 Å². The molecule has 0 saturated heterocycles. The largest absolute Gasteiger partial charge is 0.463 e. The number of carbonyl (C=O) groups is 3. The third-order valence-electron chi connectivity index (χ3n) is 4.41. The number of aryl methyl sites for hydroxylation is 1. The summed E-state index contributed by atoms with van der Waals surface area (Å²) in [5, 5.41) is 5.20. The Kier molecular flexibility index (Phi) is 6.48. The van der Waals surface area contributed by atoms with E-state index in [1.165, 1.54) is 0 Å². The van der Waals surface area contributed by atoms with E-state index in [2.05, 4.69) is 15.6 Å². The molecule has 1 atom stereocenters. The minimum Gasteiger partial charge on any atom is -0.463 e. The minimum atomic E-state index is -0.552. The molecule has 154 valence electrons. The van der Waals surface area contributed by atoms with Gasteiger partial charge in [-0.05, 0) is 25.5 Å². The van der Waals surface area contributed by atoms with Gasteiger partial charge in [0.15, 0.2) is 11.5 Å². The number of ether oxygens (including phenoxy) is 2. The molecule has 0 spiro atoms. The van der Waals surface area contributed by atoms with Crippen molar-refractivity contribution in [1.82, 2.24) is 15.6 Å². The highest BCUT2D eigenvalue weighted by atomic mass is 16.5. The van der Waals surface area contributed by atoms with Crippen LogP contribution in [0.5, 0.6) is 0 Å². The summed E-state index contributed by atoms with van der Waals surface area (Å²) in [5.74, 6) is -0.607. The lowest BCUT2D eigenvalue weighted by Gasteiger charge is -2.28. The molecule has 9 nitrogen and oxygen atoms in total. The van der Waals surface area contributed by atoms with Crippen LogP contribution in [-0.2, 0) is 25.5 Å². The van der Waals surface area contributed by atoms with Crippen LogP contribution in [0.3, 0.4) is 0 Å². The van der Waals surface area contributed by atoms with Gasteiger partial charge in [-0.1, -0.05) is 19.1 Å². The Balaban J connectivity index is 1.62. The summed E-state index contributed by atoms with van der Waals surface area (Å²) in [7, 11) is 0. The molecule has 3 rings (SSSR count). The Hall–Kier alpha value is -3.36. The van der Waals surface area contributed by atoms with Gasteiger partial charge in [-0.3, -0.25) is 4.79 Å². The molecular weight excluding hydrogens is 378 g/mol. The van der Waals surface area contributed by atoms with E-state index in [-0.39, 0.29) is 37.3 Å². The van der Waals surface area contributed by atoms with Crippen molar-refractivity contribution in [2.45, 2.75) is 39.2 Å². The fourth-order valence-corrected chi connectivity index (χ4v) is 3.04. The van der Waals surface area contributed by atoms with Crippen LogP contribution in [0.4, 0.5) is 4.79 Å². The second-order valence-corrected chi connectivity index (χ2v) is 6.41. The van der Waals surface area contributed by atoms with Crippen LogP contribution in [0.25, 0.3) is 11.1 Å². The van der Waals surface area contributed by atoms with Gasteiger partial charge in [-0.25, -0.2) is 14.6 Å². The number of fused-ring (bicyclic) bond motifs is 1. The first kappa shape index (κ1) is 20.4. The first-order valence-electron chi connectivity index (χ1n) is 9.49. The van der Waals surface area contributed by atoms with E-state index in [9.17, 15) is 14.4 Å². The lowest BCUT2D eigenvalue weighted by Crippen LogP contribution is -2.51. The summed E-state index contributed by atoms with van der Waals surface area (Å²) in [6, 6.07) is 6.37. The standard InChI is InChI=1S/C20H23N3O6/c1-3-12-18(19(25)27-4-2)14(23-20(26)22-12)11-28-17(24)10-9-16-21-13-7-5-6-8-15(13)29-16/h5-8,12H,3-4,9-11H2,1-2H3,(H2,22,23,26)/t12-/m0/s1. The molecule has 0 saturated carbocycles. The second-order valence-electron chi connectivity index (χ2n) is 6.41. The lowest BCUT2D eigenvalue weighted by atomic mass is 10.0. The number of urea groups is 1. The molecule has 2 amide bonds. The number of carbonyl (C=O) groups excluding carboxylic acids is 3. The number of amides is 2.